The highest BCUT2D eigenvalue weighted by Crippen LogP contribution is 2.32. The molecular weight excluding hydrogens is 483 g/mol. The third-order valence-electron chi connectivity index (χ3n) is 5.04. The maximum atomic E-state index is 14.6. The first kappa shape index (κ1) is 23.7. The van der Waals surface area contributed by atoms with E-state index < -0.39 is 11.8 Å². The van der Waals surface area contributed by atoms with E-state index in [9.17, 15) is 14.0 Å². The minimum atomic E-state index is -0.766. The maximum Gasteiger partial charge on any atom is 0.325 e. The molecule has 12 heteroatoms. The van der Waals surface area contributed by atoms with Crippen LogP contribution in [0.3, 0.4) is 0 Å². The van der Waals surface area contributed by atoms with Crippen LogP contribution in [0.25, 0.3) is 22.2 Å². The van der Waals surface area contributed by atoms with Crippen molar-refractivity contribution in [2.24, 2.45) is 7.05 Å². The standard InChI is InChI=1S/C22H20ClFN6O3S/c1-10(2)17-8-18(29-33-17)27-21(32)26-16-6-12(14(23)7-15(16)24)13-5-11-9-25-22(34-4)28-19(11)30(3)20(13)31/h5-10H,1-4H3,(H2,26,27,29,32). The SMILES string of the molecule is CSc1ncc2cc(-c3cc(NC(=O)Nc4cc(C(C)C)on4)c(F)cc3Cl)c(=O)n(C)c2n1. The molecule has 0 atom stereocenters. The van der Waals surface area contributed by atoms with E-state index in [0.717, 1.165) is 6.07 Å². The van der Waals surface area contributed by atoms with Crippen LogP contribution in [-0.4, -0.2) is 32.0 Å². The van der Waals surface area contributed by atoms with Crippen LogP contribution < -0.4 is 16.2 Å². The van der Waals surface area contributed by atoms with Crippen molar-refractivity contribution in [3.8, 4) is 11.1 Å². The van der Waals surface area contributed by atoms with E-state index in [0.29, 0.717) is 22.0 Å². The van der Waals surface area contributed by atoms with Crippen molar-refractivity contribution in [1.29, 1.82) is 0 Å². The molecule has 0 fully saturated rings. The van der Waals surface area contributed by atoms with Crippen LogP contribution in [0.15, 0.2) is 44.9 Å². The van der Waals surface area contributed by atoms with Crippen LogP contribution in [0.2, 0.25) is 5.02 Å². The number of carbonyl (C=O) groups excluding carboxylic acids is 1. The molecule has 2 N–H and O–H groups in total. The van der Waals surface area contributed by atoms with Crippen LogP contribution in [0.4, 0.5) is 20.7 Å². The van der Waals surface area contributed by atoms with E-state index in [4.69, 9.17) is 16.1 Å². The Morgan fingerprint density at radius 1 is 1.21 bits per heavy atom. The molecule has 0 unspecified atom stereocenters. The summed E-state index contributed by atoms with van der Waals surface area (Å²) in [5.74, 6) is 0.0991. The number of halogens is 2. The predicted octanol–water partition coefficient (Wildman–Crippen LogP) is 5.27. The zero-order chi connectivity index (χ0) is 24.6. The molecule has 0 aliphatic heterocycles. The van der Waals surface area contributed by atoms with Gasteiger partial charge < -0.3 is 9.84 Å². The fourth-order valence-corrected chi connectivity index (χ4v) is 3.85. The second-order valence-corrected chi connectivity index (χ2v) is 8.90. The van der Waals surface area contributed by atoms with Gasteiger partial charge in [-0.15, -0.1) is 0 Å². The number of anilines is 2. The number of nitrogens with zero attached hydrogens (tertiary/aromatic N) is 4. The Labute approximate surface area is 202 Å². The first-order valence-corrected chi connectivity index (χ1v) is 11.7. The summed E-state index contributed by atoms with van der Waals surface area (Å²) in [7, 11) is 1.58. The molecule has 0 bridgehead atoms. The summed E-state index contributed by atoms with van der Waals surface area (Å²) in [6.45, 7) is 3.83. The lowest BCUT2D eigenvalue weighted by atomic mass is 10.0. The summed E-state index contributed by atoms with van der Waals surface area (Å²) < 4.78 is 21.1. The third-order valence-corrected chi connectivity index (χ3v) is 5.92. The Morgan fingerprint density at radius 3 is 2.65 bits per heavy atom. The van der Waals surface area contributed by atoms with Gasteiger partial charge in [-0.3, -0.25) is 14.7 Å². The van der Waals surface area contributed by atoms with Crippen LogP contribution in [0.5, 0.6) is 0 Å². The first-order valence-electron chi connectivity index (χ1n) is 10.1. The molecule has 9 nitrogen and oxygen atoms in total. The number of aromatic nitrogens is 4. The number of fused-ring (bicyclic) bond motifs is 1. The highest BCUT2D eigenvalue weighted by atomic mass is 35.5. The van der Waals surface area contributed by atoms with Crippen molar-refractivity contribution >= 4 is 51.9 Å². The monoisotopic (exact) mass is 502 g/mol. The third kappa shape index (κ3) is 4.62. The van der Waals surface area contributed by atoms with E-state index >= 15 is 0 Å². The number of rotatable bonds is 5. The lowest BCUT2D eigenvalue weighted by Crippen LogP contribution is -2.21. The fraction of sp³-hybridized carbons (Fsp3) is 0.227. The minimum absolute atomic E-state index is 0.0136. The normalized spacial score (nSPS) is 11.3. The topological polar surface area (TPSA) is 115 Å². The first-order chi connectivity index (χ1) is 16.2. The number of pyridine rings is 1. The molecule has 34 heavy (non-hydrogen) atoms. The molecule has 4 aromatic rings. The molecule has 0 saturated carbocycles. The molecule has 0 saturated heterocycles. The van der Waals surface area contributed by atoms with Crippen molar-refractivity contribution in [3.05, 3.63) is 57.4 Å². The van der Waals surface area contributed by atoms with E-state index in [1.807, 2.05) is 20.1 Å². The molecule has 3 aromatic heterocycles. The molecule has 4 rings (SSSR count). The van der Waals surface area contributed by atoms with Gasteiger partial charge in [0.25, 0.3) is 5.56 Å². The van der Waals surface area contributed by atoms with E-state index in [1.54, 1.807) is 25.4 Å². The fourth-order valence-electron chi connectivity index (χ4n) is 3.26. The summed E-state index contributed by atoms with van der Waals surface area (Å²) in [4.78, 5) is 34.1. The number of amides is 2. The number of carbonyl (C=O) groups is 1. The molecule has 0 aliphatic carbocycles. The van der Waals surface area contributed by atoms with Crippen LogP contribution in [0.1, 0.15) is 25.5 Å². The Bertz CT molecular complexity index is 1470. The Hall–Kier alpha value is -3.44. The zero-order valence-electron chi connectivity index (χ0n) is 18.6. The van der Waals surface area contributed by atoms with E-state index in [1.165, 1.54) is 22.4 Å². The highest BCUT2D eigenvalue weighted by Gasteiger charge is 2.18. The predicted molar refractivity (Wildman–Crippen MR) is 130 cm³/mol. The number of thioether (sulfide) groups is 1. The lowest BCUT2D eigenvalue weighted by molar-refractivity contribution is 0.261. The molecule has 0 spiro atoms. The average Bonchev–Trinajstić information content (AvgIpc) is 3.27. The Morgan fingerprint density at radius 2 is 1.97 bits per heavy atom. The summed E-state index contributed by atoms with van der Waals surface area (Å²) >= 11 is 7.64. The molecule has 0 radical (unpaired) electrons. The number of urea groups is 1. The molecule has 3 heterocycles. The number of aryl methyl sites for hydroxylation is 1. The zero-order valence-corrected chi connectivity index (χ0v) is 20.2. The molecule has 0 aliphatic rings. The summed E-state index contributed by atoms with van der Waals surface area (Å²) in [5.41, 5.74) is 0.365. The number of hydrogen-bond donors (Lipinski definition) is 2. The highest BCUT2D eigenvalue weighted by molar-refractivity contribution is 7.98. The van der Waals surface area contributed by atoms with Crippen LogP contribution in [0, 0.1) is 5.82 Å². The van der Waals surface area contributed by atoms with E-state index in [-0.39, 0.29) is 39.1 Å². The van der Waals surface area contributed by atoms with Crippen LogP contribution in [-0.2, 0) is 7.05 Å². The minimum Gasteiger partial charge on any atom is -0.359 e. The molecular formula is C22H20ClFN6O3S. The van der Waals surface area contributed by atoms with Crippen molar-refractivity contribution in [2.75, 3.05) is 16.9 Å². The van der Waals surface area contributed by atoms with Gasteiger partial charge in [-0.1, -0.05) is 42.4 Å². The second-order valence-electron chi connectivity index (χ2n) is 7.72. The summed E-state index contributed by atoms with van der Waals surface area (Å²) in [5, 5.41) is 9.81. The molecule has 176 valence electrons. The maximum absolute atomic E-state index is 14.6. The number of benzene rings is 1. The van der Waals surface area contributed by atoms with E-state index in [2.05, 4.69) is 25.8 Å². The lowest BCUT2D eigenvalue weighted by Gasteiger charge is -2.13. The van der Waals surface area contributed by atoms with Gasteiger partial charge in [0.15, 0.2) is 11.0 Å². The molecule has 1 aromatic carbocycles. The van der Waals surface area contributed by atoms with Crippen LogP contribution >= 0.6 is 23.4 Å². The van der Waals surface area contributed by atoms with Gasteiger partial charge in [-0.25, -0.2) is 19.2 Å². The van der Waals surface area contributed by atoms with Crippen molar-refractivity contribution in [2.45, 2.75) is 24.9 Å². The van der Waals surface area contributed by atoms with Gasteiger partial charge in [-0.2, -0.15) is 0 Å². The number of hydrogen-bond acceptors (Lipinski definition) is 7. The van der Waals surface area contributed by atoms with Crippen molar-refractivity contribution in [1.82, 2.24) is 19.7 Å². The summed E-state index contributed by atoms with van der Waals surface area (Å²) in [6.07, 6.45) is 3.44. The van der Waals surface area contributed by atoms with Crippen molar-refractivity contribution < 1.29 is 13.7 Å². The van der Waals surface area contributed by atoms with Gasteiger partial charge in [0.05, 0.1) is 10.7 Å². The number of nitrogens with one attached hydrogen (secondary N) is 2. The van der Waals surface area contributed by atoms with Crippen molar-refractivity contribution in [3.63, 3.8) is 0 Å². The summed E-state index contributed by atoms with van der Waals surface area (Å²) in [6, 6.07) is 4.78. The Balaban J connectivity index is 1.69. The smallest absolute Gasteiger partial charge is 0.325 e. The van der Waals surface area contributed by atoms with Gasteiger partial charge in [0, 0.05) is 41.7 Å². The van der Waals surface area contributed by atoms with Gasteiger partial charge in [0.2, 0.25) is 0 Å². The quantitative estimate of drug-likeness (QED) is 0.282. The average molecular weight is 503 g/mol. The van der Waals surface area contributed by atoms with Gasteiger partial charge in [-0.05, 0) is 24.5 Å². The van der Waals surface area contributed by atoms with Gasteiger partial charge in [0.1, 0.15) is 17.2 Å². The van der Waals surface area contributed by atoms with Gasteiger partial charge >= 0.3 is 6.03 Å². The molecule has 2 amide bonds. The largest absolute Gasteiger partial charge is 0.359 e. The Kier molecular flexibility index (Phi) is 6.58. The second kappa shape index (κ2) is 9.43.